The van der Waals surface area contributed by atoms with Crippen molar-refractivity contribution in [3.63, 3.8) is 0 Å². The number of fused-ring (bicyclic) bond motifs is 3. The van der Waals surface area contributed by atoms with E-state index in [0.29, 0.717) is 0 Å². The van der Waals surface area contributed by atoms with Crippen LogP contribution in [0, 0.1) is 13.8 Å². The minimum atomic E-state index is 1.21. The number of benzene rings is 3. The van der Waals surface area contributed by atoms with E-state index in [0.717, 1.165) is 0 Å². The van der Waals surface area contributed by atoms with Crippen molar-refractivity contribution in [2.75, 3.05) is 11.9 Å². The summed E-state index contributed by atoms with van der Waals surface area (Å²) in [6, 6.07) is 22.2. The van der Waals surface area contributed by atoms with Crippen molar-refractivity contribution in [2.45, 2.75) is 13.8 Å². The van der Waals surface area contributed by atoms with Gasteiger partial charge in [-0.3, -0.25) is 0 Å². The van der Waals surface area contributed by atoms with Gasteiger partial charge < -0.3 is 4.90 Å². The summed E-state index contributed by atoms with van der Waals surface area (Å²) in [5, 5.41) is 2.72. The summed E-state index contributed by atoms with van der Waals surface area (Å²) in [6.07, 6.45) is 0. The molecule has 23 heavy (non-hydrogen) atoms. The van der Waals surface area contributed by atoms with Crippen molar-refractivity contribution in [1.82, 2.24) is 0 Å². The molecule has 0 bridgehead atoms. The molecule has 0 spiro atoms. The Kier molecular flexibility index (Phi) is 3.35. The first-order chi connectivity index (χ1) is 11.1. The molecule has 0 amide bonds. The minimum Gasteiger partial charge on any atom is -0.345 e. The molecule has 0 aliphatic rings. The molecule has 0 atom stereocenters. The summed E-state index contributed by atoms with van der Waals surface area (Å²) >= 11 is 1.87. The Balaban J connectivity index is 1.85. The van der Waals surface area contributed by atoms with Crippen molar-refractivity contribution >= 4 is 42.9 Å². The summed E-state index contributed by atoms with van der Waals surface area (Å²) in [6.45, 7) is 4.28. The minimum absolute atomic E-state index is 1.21. The number of anilines is 2. The van der Waals surface area contributed by atoms with E-state index in [-0.39, 0.29) is 0 Å². The zero-order valence-electron chi connectivity index (χ0n) is 13.6. The molecule has 0 unspecified atom stereocenters. The maximum Gasteiger partial charge on any atom is 0.0415 e. The molecule has 4 rings (SSSR count). The number of hydrogen-bond acceptors (Lipinski definition) is 2. The summed E-state index contributed by atoms with van der Waals surface area (Å²) in [5.74, 6) is 0. The van der Waals surface area contributed by atoms with Crippen LogP contribution in [0.2, 0.25) is 0 Å². The van der Waals surface area contributed by atoms with Crippen molar-refractivity contribution in [3.05, 3.63) is 71.8 Å². The van der Waals surface area contributed by atoms with E-state index in [1.165, 1.54) is 42.7 Å². The molecule has 0 saturated heterocycles. The summed E-state index contributed by atoms with van der Waals surface area (Å²) in [4.78, 5) is 2.25. The first kappa shape index (κ1) is 14.3. The molecular weight excluding hydrogens is 298 g/mol. The number of rotatable bonds is 2. The van der Waals surface area contributed by atoms with Crippen LogP contribution in [-0.2, 0) is 0 Å². The van der Waals surface area contributed by atoms with E-state index in [1.54, 1.807) is 0 Å². The smallest absolute Gasteiger partial charge is 0.0415 e. The van der Waals surface area contributed by atoms with Gasteiger partial charge >= 0.3 is 0 Å². The number of aryl methyl sites for hydroxylation is 2. The molecule has 0 radical (unpaired) electrons. The average Bonchev–Trinajstić information content (AvgIpc) is 2.92. The summed E-state index contributed by atoms with van der Waals surface area (Å²) in [7, 11) is 2.13. The molecule has 0 saturated carbocycles. The van der Waals surface area contributed by atoms with Gasteiger partial charge in [0.15, 0.2) is 0 Å². The molecule has 1 nitrogen and oxygen atoms in total. The molecule has 3 aromatic carbocycles. The standard InChI is InChI=1S/C21H19NS/c1-14-4-7-16(8-5-14)22(3)17-9-11-21-19(13-17)18-12-15(2)6-10-20(18)23-21/h4-13H,1-3H3. The second kappa shape index (κ2) is 5.39. The lowest BCUT2D eigenvalue weighted by Gasteiger charge is -2.20. The van der Waals surface area contributed by atoms with Crippen molar-refractivity contribution < 1.29 is 0 Å². The van der Waals surface area contributed by atoms with Gasteiger partial charge in [-0.05, 0) is 56.3 Å². The highest BCUT2D eigenvalue weighted by atomic mass is 32.1. The van der Waals surface area contributed by atoms with Crippen LogP contribution in [0.15, 0.2) is 60.7 Å². The Hall–Kier alpha value is -2.32. The van der Waals surface area contributed by atoms with Gasteiger partial charge in [0.05, 0.1) is 0 Å². The lowest BCUT2D eigenvalue weighted by Crippen LogP contribution is -2.08. The van der Waals surface area contributed by atoms with Gasteiger partial charge in [-0.2, -0.15) is 0 Å². The highest BCUT2D eigenvalue weighted by Gasteiger charge is 2.09. The highest BCUT2D eigenvalue weighted by molar-refractivity contribution is 7.25. The second-order valence-corrected chi connectivity index (χ2v) is 7.26. The lowest BCUT2D eigenvalue weighted by atomic mass is 10.1. The van der Waals surface area contributed by atoms with Gasteiger partial charge in [-0.1, -0.05) is 29.3 Å². The van der Waals surface area contributed by atoms with Crippen LogP contribution in [0.5, 0.6) is 0 Å². The maximum atomic E-state index is 2.31. The molecule has 0 N–H and O–H groups in total. The topological polar surface area (TPSA) is 3.24 Å². The lowest BCUT2D eigenvalue weighted by molar-refractivity contribution is 1.21. The quantitative estimate of drug-likeness (QED) is 0.411. The third kappa shape index (κ3) is 2.49. The number of nitrogens with zero attached hydrogens (tertiary/aromatic N) is 1. The van der Waals surface area contributed by atoms with Gasteiger partial charge in [0.25, 0.3) is 0 Å². The monoisotopic (exact) mass is 317 g/mol. The summed E-state index contributed by atoms with van der Waals surface area (Å²) < 4.78 is 2.72. The molecular formula is C21H19NS. The molecule has 0 aliphatic carbocycles. The zero-order chi connectivity index (χ0) is 16.0. The fraction of sp³-hybridized carbons (Fsp3) is 0.143. The Morgan fingerprint density at radius 1 is 0.652 bits per heavy atom. The van der Waals surface area contributed by atoms with E-state index in [9.17, 15) is 0 Å². The number of thiophene rings is 1. The van der Waals surface area contributed by atoms with Crippen LogP contribution >= 0.6 is 11.3 Å². The van der Waals surface area contributed by atoms with Crippen LogP contribution in [0.25, 0.3) is 20.2 Å². The third-order valence-corrected chi connectivity index (χ3v) is 5.57. The van der Waals surface area contributed by atoms with Gasteiger partial charge in [0.1, 0.15) is 0 Å². The van der Waals surface area contributed by atoms with Crippen molar-refractivity contribution in [1.29, 1.82) is 0 Å². The molecule has 0 aliphatic heterocycles. The molecule has 4 aromatic rings. The first-order valence-corrected chi connectivity index (χ1v) is 8.67. The molecule has 1 aromatic heterocycles. The van der Waals surface area contributed by atoms with Gasteiger partial charge in [-0.25, -0.2) is 0 Å². The fourth-order valence-electron chi connectivity index (χ4n) is 3.01. The van der Waals surface area contributed by atoms with Crippen LogP contribution in [0.3, 0.4) is 0 Å². The van der Waals surface area contributed by atoms with E-state index in [1.807, 2.05) is 11.3 Å². The normalized spacial score (nSPS) is 11.3. The zero-order valence-corrected chi connectivity index (χ0v) is 14.4. The van der Waals surface area contributed by atoms with Gasteiger partial charge in [0, 0.05) is 38.6 Å². The molecule has 2 heteroatoms. The van der Waals surface area contributed by atoms with Crippen LogP contribution in [0.1, 0.15) is 11.1 Å². The van der Waals surface area contributed by atoms with Crippen molar-refractivity contribution in [3.8, 4) is 0 Å². The molecule has 0 fully saturated rings. The largest absolute Gasteiger partial charge is 0.345 e. The van der Waals surface area contributed by atoms with Crippen molar-refractivity contribution in [2.24, 2.45) is 0 Å². The Morgan fingerprint density at radius 3 is 1.96 bits per heavy atom. The Labute approximate surface area is 140 Å². The van der Waals surface area contributed by atoms with E-state index >= 15 is 0 Å². The third-order valence-electron chi connectivity index (χ3n) is 4.42. The maximum absolute atomic E-state index is 2.31. The highest BCUT2D eigenvalue weighted by Crippen LogP contribution is 2.37. The number of hydrogen-bond donors (Lipinski definition) is 0. The fourth-order valence-corrected chi connectivity index (χ4v) is 4.07. The van der Waals surface area contributed by atoms with Gasteiger partial charge in [-0.15, -0.1) is 11.3 Å². The predicted molar refractivity (Wildman–Crippen MR) is 103 cm³/mol. The van der Waals surface area contributed by atoms with Gasteiger partial charge in [0.2, 0.25) is 0 Å². The average molecular weight is 317 g/mol. The van der Waals surface area contributed by atoms with Crippen LogP contribution in [-0.4, -0.2) is 7.05 Å². The first-order valence-electron chi connectivity index (χ1n) is 7.85. The van der Waals surface area contributed by atoms with E-state index in [4.69, 9.17) is 0 Å². The van der Waals surface area contributed by atoms with Crippen LogP contribution < -0.4 is 4.90 Å². The summed E-state index contributed by atoms with van der Waals surface area (Å²) in [5.41, 5.74) is 5.04. The molecule has 1 heterocycles. The van der Waals surface area contributed by atoms with E-state index < -0.39 is 0 Å². The predicted octanol–water partition coefficient (Wildman–Crippen LogP) is 6.44. The Bertz CT molecular complexity index is 996. The van der Waals surface area contributed by atoms with Crippen LogP contribution in [0.4, 0.5) is 11.4 Å². The second-order valence-electron chi connectivity index (χ2n) is 6.18. The Morgan fingerprint density at radius 2 is 1.22 bits per heavy atom. The SMILES string of the molecule is Cc1ccc(N(C)c2ccc3sc4ccc(C)cc4c3c2)cc1. The molecule has 114 valence electrons. The van der Waals surface area contributed by atoms with E-state index in [2.05, 4.69) is 86.5 Å².